The van der Waals surface area contributed by atoms with Crippen molar-refractivity contribution in [3.8, 4) is 0 Å². The molecule has 5 nitrogen and oxygen atoms in total. The monoisotopic (exact) mass is 415 g/mol. The molecule has 1 heterocycles. The standard InChI is InChI=1S/C25H22FN3O2/c1-28(25(18-7-3-2-4-8-18)19-11-13-20(26)14-12-19)24(31)15-16-29-22-10-6-5-9-21(22)23(30)17-27-29/h2-14,17,25H,15-16H2,1H3. The summed E-state index contributed by atoms with van der Waals surface area (Å²) in [6.07, 6.45) is 1.49. The van der Waals surface area contributed by atoms with Crippen LogP contribution in [-0.4, -0.2) is 27.6 Å². The van der Waals surface area contributed by atoms with Gasteiger partial charge in [-0.3, -0.25) is 14.3 Å². The van der Waals surface area contributed by atoms with Crippen molar-refractivity contribution in [3.63, 3.8) is 0 Å². The van der Waals surface area contributed by atoms with Crippen LogP contribution >= 0.6 is 0 Å². The summed E-state index contributed by atoms with van der Waals surface area (Å²) in [6.45, 7) is 0.342. The minimum absolute atomic E-state index is 0.0808. The molecule has 1 atom stereocenters. The highest BCUT2D eigenvalue weighted by atomic mass is 19.1. The van der Waals surface area contributed by atoms with E-state index in [2.05, 4.69) is 5.10 Å². The van der Waals surface area contributed by atoms with Gasteiger partial charge in [-0.2, -0.15) is 5.10 Å². The maximum atomic E-state index is 13.5. The molecule has 6 heteroatoms. The molecule has 1 aromatic heterocycles. The van der Waals surface area contributed by atoms with E-state index in [1.54, 1.807) is 40.9 Å². The van der Waals surface area contributed by atoms with Gasteiger partial charge in [0.1, 0.15) is 5.82 Å². The first-order chi connectivity index (χ1) is 15.0. The summed E-state index contributed by atoms with van der Waals surface area (Å²) < 4.78 is 15.1. The SMILES string of the molecule is CN(C(=O)CCn1ncc(=O)c2ccccc21)C(c1ccccc1)c1ccc(F)cc1. The molecule has 4 rings (SSSR count). The van der Waals surface area contributed by atoms with E-state index >= 15 is 0 Å². The molecular formula is C25H22FN3O2. The molecular weight excluding hydrogens is 393 g/mol. The van der Waals surface area contributed by atoms with Gasteiger partial charge in [-0.15, -0.1) is 0 Å². The van der Waals surface area contributed by atoms with Crippen molar-refractivity contribution in [2.24, 2.45) is 0 Å². The predicted octanol–water partition coefficient (Wildman–Crippen LogP) is 4.17. The highest BCUT2D eigenvalue weighted by molar-refractivity contribution is 5.79. The Labute approximate surface area is 179 Å². The summed E-state index contributed by atoms with van der Waals surface area (Å²) in [5.41, 5.74) is 2.33. The van der Waals surface area contributed by atoms with Gasteiger partial charge in [0.15, 0.2) is 0 Å². The van der Waals surface area contributed by atoms with Crippen LogP contribution < -0.4 is 5.43 Å². The third-order valence-electron chi connectivity index (χ3n) is 5.38. The van der Waals surface area contributed by atoms with Gasteiger partial charge in [0, 0.05) is 18.9 Å². The van der Waals surface area contributed by atoms with Crippen LogP contribution in [0.1, 0.15) is 23.6 Å². The van der Waals surface area contributed by atoms with Gasteiger partial charge in [0.05, 0.1) is 24.3 Å². The van der Waals surface area contributed by atoms with E-state index < -0.39 is 0 Å². The van der Waals surface area contributed by atoms with Gasteiger partial charge in [-0.05, 0) is 35.4 Å². The Hall–Kier alpha value is -3.80. The lowest BCUT2D eigenvalue weighted by Gasteiger charge is -2.29. The van der Waals surface area contributed by atoms with Crippen LogP contribution in [0.2, 0.25) is 0 Å². The van der Waals surface area contributed by atoms with E-state index in [0.717, 1.165) is 11.1 Å². The third kappa shape index (κ3) is 4.38. The molecule has 0 fully saturated rings. The number of carbonyl (C=O) groups is 1. The lowest BCUT2D eigenvalue weighted by molar-refractivity contribution is -0.131. The van der Waals surface area contributed by atoms with E-state index in [1.807, 2.05) is 42.5 Å². The number of amides is 1. The predicted molar refractivity (Wildman–Crippen MR) is 118 cm³/mol. The lowest BCUT2D eigenvalue weighted by Crippen LogP contribution is -2.32. The average Bonchev–Trinajstić information content (AvgIpc) is 2.81. The molecule has 3 aromatic carbocycles. The van der Waals surface area contributed by atoms with Crippen molar-refractivity contribution in [2.45, 2.75) is 19.0 Å². The summed E-state index contributed by atoms with van der Waals surface area (Å²) in [6, 6.07) is 22.8. The van der Waals surface area contributed by atoms with Crippen LogP contribution in [0.15, 0.2) is 89.9 Å². The molecule has 4 aromatic rings. The highest BCUT2D eigenvalue weighted by Crippen LogP contribution is 2.28. The fraction of sp³-hybridized carbons (Fsp3) is 0.160. The summed E-state index contributed by atoms with van der Waals surface area (Å²) in [7, 11) is 1.75. The van der Waals surface area contributed by atoms with E-state index in [-0.39, 0.29) is 29.6 Å². The molecule has 31 heavy (non-hydrogen) atoms. The second kappa shape index (κ2) is 8.92. The summed E-state index contributed by atoms with van der Waals surface area (Å²) in [5.74, 6) is -0.400. The van der Waals surface area contributed by atoms with E-state index in [0.29, 0.717) is 17.4 Å². The van der Waals surface area contributed by atoms with Crippen LogP contribution in [0.3, 0.4) is 0 Å². The zero-order valence-corrected chi connectivity index (χ0v) is 17.1. The van der Waals surface area contributed by atoms with Gasteiger partial charge < -0.3 is 4.90 Å². The lowest BCUT2D eigenvalue weighted by atomic mass is 9.97. The molecule has 156 valence electrons. The Kier molecular flexibility index (Phi) is 5.89. The molecule has 1 amide bonds. The van der Waals surface area contributed by atoms with Gasteiger partial charge in [-0.25, -0.2) is 4.39 Å². The third-order valence-corrected chi connectivity index (χ3v) is 5.38. The number of aromatic nitrogens is 2. The van der Waals surface area contributed by atoms with Gasteiger partial charge >= 0.3 is 0 Å². The number of nitrogens with zero attached hydrogens (tertiary/aromatic N) is 3. The van der Waals surface area contributed by atoms with Crippen LogP contribution in [0, 0.1) is 5.82 Å². The van der Waals surface area contributed by atoms with Gasteiger partial charge in [0.2, 0.25) is 11.3 Å². The summed E-state index contributed by atoms with van der Waals surface area (Å²) in [4.78, 5) is 26.8. The summed E-state index contributed by atoms with van der Waals surface area (Å²) in [5, 5.41) is 4.78. The molecule has 0 aliphatic carbocycles. The second-order valence-electron chi connectivity index (χ2n) is 7.37. The first-order valence-corrected chi connectivity index (χ1v) is 10.1. The van der Waals surface area contributed by atoms with Crippen LogP contribution in [0.5, 0.6) is 0 Å². The van der Waals surface area contributed by atoms with Crippen molar-refractivity contribution in [1.29, 1.82) is 0 Å². The Morgan fingerprint density at radius 2 is 1.61 bits per heavy atom. The fourth-order valence-electron chi connectivity index (χ4n) is 3.78. The van der Waals surface area contributed by atoms with Crippen molar-refractivity contribution >= 4 is 16.8 Å². The Balaban J connectivity index is 1.59. The fourth-order valence-corrected chi connectivity index (χ4v) is 3.78. The number of benzene rings is 3. The molecule has 0 bridgehead atoms. The molecule has 0 aliphatic rings. The Morgan fingerprint density at radius 1 is 0.968 bits per heavy atom. The Morgan fingerprint density at radius 3 is 2.35 bits per heavy atom. The topological polar surface area (TPSA) is 55.2 Å². The molecule has 0 saturated heterocycles. The van der Waals surface area contributed by atoms with Gasteiger partial charge in [0.25, 0.3) is 0 Å². The molecule has 0 spiro atoms. The highest BCUT2D eigenvalue weighted by Gasteiger charge is 2.23. The number of aryl methyl sites for hydroxylation is 1. The number of hydrogen-bond acceptors (Lipinski definition) is 3. The number of carbonyl (C=O) groups excluding carboxylic acids is 1. The number of hydrogen-bond donors (Lipinski definition) is 0. The van der Waals surface area contributed by atoms with Crippen LogP contribution in [0.25, 0.3) is 10.9 Å². The van der Waals surface area contributed by atoms with Crippen molar-refractivity contribution < 1.29 is 9.18 Å². The van der Waals surface area contributed by atoms with E-state index in [9.17, 15) is 14.0 Å². The molecule has 1 unspecified atom stereocenters. The van der Waals surface area contributed by atoms with Crippen molar-refractivity contribution in [2.75, 3.05) is 7.05 Å². The molecule has 0 aliphatic heterocycles. The molecule has 0 N–H and O–H groups in total. The van der Waals surface area contributed by atoms with Crippen molar-refractivity contribution in [1.82, 2.24) is 14.7 Å². The Bertz CT molecular complexity index is 1250. The number of fused-ring (bicyclic) bond motifs is 1. The van der Waals surface area contributed by atoms with Crippen LogP contribution in [0.4, 0.5) is 4.39 Å². The zero-order valence-electron chi connectivity index (χ0n) is 17.1. The quantitative estimate of drug-likeness (QED) is 0.475. The zero-order chi connectivity index (χ0) is 21.8. The van der Waals surface area contributed by atoms with Gasteiger partial charge in [-0.1, -0.05) is 54.6 Å². The number of halogens is 1. The van der Waals surface area contributed by atoms with E-state index in [4.69, 9.17) is 0 Å². The van der Waals surface area contributed by atoms with Crippen molar-refractivity contribution in [3.05, 3.63) is 112 Å². The second-order valence-corrected chi connectivity index (χ2v) is 7.37. The van der Waals surface area contributed by atoms with E-state index in [1.165, 1.54) is 18.3 Å². The molecule has 0 radical (unpaired) electrons. The first kappa shape index (κ1) is 20.5. The molecule has 0 saturated carbocycles. The maximum absolute atomic E-state index is 13.5. The maximum Gasteiger partial charge on any atom is 0.224 e. The summed E-state index contributed by atoms with van der Waals surface area (Å²) >= 11 is 0. The minimum atomic E-state index is -0.340. The normalized spacial score (nSPS) is 11.9. The average molecular weight is 415 g/mol. The minimum Gasteiger partial charge on any atom is -0.335 e. The number of rotatable bonds is 6. The first-order valence-electron chi connectivity index (χ1n) is 10.1. The number of para-hydroxylation sites is 1. The van der Waals surface area contributed by atoms with Crippen LogP contribution in [-0.2, 0) is 11.3 Å². The smallest absolute Gasteiger partial charge is 0.224 e. The largest absolute Gasteiger partial charge is 0.335 e.